The summed E-state index contributed by atoms with van der Waals surface area (Å²) in [5.41, 5.74) is 0.416. The molecule has 0 saturated carbocycles. The minimum absolute atomic E-state index is 0.0283. The number of nitrogens with zero attached hydrogens (tertiary/aromatic N) is 1. The number of hydrogen-bond donors (Lipinski definition) is 0. The maximum Gasteiger partial charge on any atom is 0.227 e. The summed E-state index contributed by atoms with van der Waals surface area (Å²) in [5, 5.41) is -0.658. The van der Waals surface area contributed by atoms with Crippen LogP contribution in [0.3, 0.4) is 0 Å². The van der Waals surface area contributed by atoms with Crippen molar-refractivity contribution in [2.24, 2.45) is 22.7 Å². The zero-order valence-corrected chi connectivity index (χ0v) is 28.6. The summed E-state index contributed by atoms with van der Waals surface area (Å²) in [6, 6.07) is 8.80. The first kappa shape index (κ1) is 36.4. The molecule has 226 valence electrons. The Hall–Kier alpha value is -1.60. The van der Waals surface area contributed by atoms with Gasteiger partial charge in [0.2, 0.25) is 16.1 Å². The Bertz CT molecular complexity index is 973. The fourth-order valence-electron chi connectivity index (χ4n) is 5.78. The smallest absolute Gasteiger partial charge is 0.227 e. The minimum atomic E-state index is -1.23. The highest BCUT2D eigenvalue weighted by Crippen LogP contribution is 2.44. The second-order valence-corrected chi connectivity index (χ2v) is 17.8. The van der Waals surface area contributed by atoms with Crippen LogP contribution < -0.4 is 0 Å². The lowest BCUT2D eigenvalue weighted by molar-refractivity contribution is -0.141. The number of ketones is 1. The molecule has 0 spiro atoms. The number of hydrogen-bond acceptors (Lipinski definition) is 6. The maximum atomic E-state index is 14.2. The van der Waals surface area contributed by atoms with Gasteiger partial charge in [0.05, 0.1) is 5.92 Å². The average Bonchev–Trinajstić information content (AvgIpc) is 2.75. The molecule has 40 heavy (non-hydrogen) atoms. The topological polar surface area (TPSA) is 71.5 Å². The molecule has 1 aromatic rings. The Morgan fingerprint density at radius 1 is 0.700 bits per heavy atom. The van der Waals surface area contributed by atoms with Crippen molar-refractivity contribution in [3.63, 3.8) is 0 Å². The fourth-order valence-corrected chi connectivity index (χ4v) is 8.75. The monoisotopic (exact) mass is 591 g/mol. The third-order valence-electron chi connectivity index (χ3n) is 6.47. The van der Waals surface area contributed by atoms with Crippen LogP contribution in [0.25, 0.3) is 0 Å². The predicted octanol–water partition coefficient (Wildman–Crippen LogP) is 8.31. The molecule has 0 aliphatic carbocycles. The molecule has 0 N–H and O–H groups in total. The van der Waals surface area contributed by atoms with Crippen LogP contribution in [-0.2, 0) is 14.4 Å². The van der Waals surface area contributed by atoms with Crippen molar-refractivity contribution in [2.45, 2.75) is 112 Å². The lowest BCUT2D eigenvalue weighted by atomic mass is 9.85. The van der Waals surface area contributed by atoms with E-state index in [1.807, 2.05) is 47.6 Å². The molecule has 7 heteroatoms. The average molecular weight is 592 g/mol. The van der Waals surface area contributed by atoms with Crippen molar-refractivity contribution in [3.05, 3.63) is 35.9 Å². The third-order valence-corrected chi connectivity index (χ3v) is 8.77. The summed E-state index contributed by atoms with van der Waals surface area (Å²) < 4.78 is -0.905. The van der Waals surface area contributed by atoms with Gasteiger partial charge in [-0.15, -0.1) is 0 Å². The molecule has 1 rings (SSSR count). The number of thioether (sulfide) groups is 2. The molecule has 0 bridgehead atoms. The van der Waals surface area contributed by atoms with Crippen LogP contribution in [0, 0.1) is 22.7 Å². The quantitative estimate of drug-likeness (QED) is 0.170. The zero-order chi connectivity index (χ0) is 31.1. The molecule has 1 amide bonds. The summed E-state index contributed by atoms with van der Waals surface area (Å²) in [6.45, 7) is 25.4. The number of benzene rings is 1. The van der Waals surface area contributed by atoms with E-state index in [0.717, 1.165) is 36.4 Å². The molecule has 1 atom stereocenters. The number of amides is 1. The fraction of sp³-hybridized carbons (Fsp3) is 0.697. The molecule has 0 saturated heterocycles. The number of Topliss-reactive ketones (excluding diaryl/α,β-unsaturated/α-hetero) is 1. The summed E-state index contributed by atoms with van der Waals surface area (Å²) in [6.07, 6.45) is 1.30. The summed E-state index contributed by atoms with van der Waals surface area (Å²) in [7, 11) is 0. The van der Waals surface area contributed by atoms with E-state index in [0.29, 0.717) is 18.7 Å². The molecule has 0 heterocycles. The standard InChI is InChI=1S/C33H53NO4S2/c1-13-34(14-2)27(36)24(20-25(35)23-18-16-15-17-19-23)26(28(37)39-32(9,10)21-30(3,4)5)29(38)40-33(11,12)22-31(6,7)8/h15-19,24,26H,13-14,20-22H2,1-12H3/t24-/m0/s1. The minimum Gasteiger partial charge on any atom is -0.343 e. The maximum absolute atomic E-state index is 14.2. The van der Waals surface area contributed by atoms with E-state index in [9.17, 15) is 19.2 Å². The van der Waals surface area contributed by atoms with Gasteiger partial charge in [-0.25, -0.2) is 0 Å². The van der Waals surface area contributed by atoms with Crippen LogP contribution in [0.5, 0.6) is 0 Å². The van der Waals surface area contributed by atoms with E-state index >= 15 is 0 Å². The van der Waals surface area contributed by atoms with Crippen molar-refractivity contribution in [1.82, 2.24) is 4.90 Å². The molecular weight excluding hydrogens is 539 g/mol. The second kappa shape index (κ2) is 14.5. The van der Waals surface area contributed by atoms with Gasteiger partial charge in [0, 0.05) is 34.6 Å². The third kappa shape index (κ3) is 12.5. The van der Waals surface area contributed by atoms with Gasteiger partial charge < -0.3 is 4.90 Å². The van der Waals surface area contributed by atoms with E-state index in [1.54, 1.807) is 29.2 Å². The zero-order valence-electron chi connectivity index (χ0n) is 27.0. The molecule has 5 nitrogen and oxygen atoms in total. The van der Waals surface area contributed by atoms with Crippen molar-refractivity contribution < 1.29 is 19.2 Å². The molecular formula is C33H53NO4S2. The Balaban J connectivity index is 3.63. The highest BCUT2D eigenvalue weighted by molar-refractivity contribution is 8.16. The van der Waals surface area contributed by atoms with Crippen LogP contribution in [0.2, 0.25) is 0 Å². The van der Waals surface area contributed by atoms with Gasteiger partial charge in [-0.3, -0.25) is 19.2 Å². The Labute approximate surface area is 252 Å². The summed E-state index contributed by atoms with van der Waals surface area (Å²) in [5.74, 6) is -2.85. The second-order valence-electron chi connectivity index (χ2n) is 14.4. The van der Waals surface area contributed by atoms with Crippen LogP contribution in [-0.4, -0.2) is 49.4 Å². The van der Waals surface area contributed by atoms with Crippen molar-refractivity contribution >= 4 is 45.4 Å². The van der Waals surface area contributed by atoms with Crippen molar-refractivity contribution in [1.29, 1.82) is 0 Å². The highest BCUT2D eigenvalue weighted by Gasteiger charge is 2.45. The predicted molar refractivity (Wildman–Crippen MR) is 172 cm³/mol. The Kier molecular flexibility index (Phi) is 13.2. The highest BCUT2D eigenvalue weighted by atomic mass is 32.2. The summed E-state index contributed by atoms with van der Waals surface area (Å²) >= 11 is 2.29. The molecule has 0 aliphatic heterocycles. The van der Waals surface area contributed by atoms with Gasteiger partial charge in [-0.2, -0.15) is 0 Å². The van der Waals surface area contributed by atoms with Crippen molar-refractivity contribution in [3.8, 4) is 0 Å². The Morgan fingerprint density at radius 2 is 1.10 bits per heavy atom. The molecule has 1 aromatic carbocycles. The van der Waals surface area contributed by atoms with Gasteiger partial charge in [0.25, 0.3) is 0 Å². The van der Waals surface area contributed by atoms with Crippen LogP contribution in [0.1, 0.15) is 113 Å². The number of carbonyl (C=O) groups excluding carboxylic acids is 4. The van der Waals surface area contributed by atoms with E-state index in [4.69, 9.17) is 0 Å². The van der Waals surface area contributed by atoms with E-state index in [2.05, 4.69) is 41.5 Å². The van der Waals surface area contributed by atoms with E-state index in [1.165, 1.54) is 0 Å². The molecule has 0 aromatic heterocycles. The van der Waals surface area contributed by atoms with Crippen molar-refractivity contribution in [2.75, 3.05) is 13.1 Å². The molecule has 0 aliphatic rings. The van der Waals surface area contributed by atoms with Gasteiger partial charge in [-0.05, 0) is 37.5 Å². The lowest BCUT2D eigenvalue weighted by Gasteiger charge is -2.36. The molecule has 0 radical (unpaired) electrons. The van der Waals surface area contributed by atoms with Gasteiger partial charge in [0.1, 0.15) is 5.92 Å². The SMILES string of the molecule is CCN(CC)C(=O)[C@@H](CC(=O)c1ccccc1)C(C(=O)SC(C)(C)CC(C)(C)C)C(=O)SC(C)(C)CC(C)(C)C. The molecule has 0 unspecified atom stereocenters. The number of carbonyl (C=O) groups is 4. The first-order valence-electron chi connectivity index (χ1n) is 14.4. The molecule has 0 fully saturated rings. The van der Waals surface area contributed by atoms with E-state index < -0.39 is 21.3 Å². The first-order valence-corrected chi connectivity index (χ1v) is 16.1. The largest absolute Gasteiger partial charge is 0.343 e. The number of rotatable bonds is 13. The normalized spacial score (nSPS) is 13.7. The van der Waals surface area contributed by atoms with Gasteiger partial charge in [0.15, 0.2) is 5.78 Å². The van der Waals surface area contributed by atoms with Gasteiger partial charge in [-0.1, -0.05) is 123 Å². The van der Waals surface area contributed by atoms with E-state index in [-0.39, 0.29) is 39.2 Å². The summed E-state index contributed by atoms with van der Waals surface area (Å²) in [4.78, 5) is 57.4. The lowest BCUT2D eigenvalue weighted by Crippen LogP contribution is -2.45. The van der Waals surface area contributed by atoms with Gasteiger partial charge >= 0.3 is 0 Å². The van der Waals surface area contributed by atoms with Crippen LogP contribution in [0.15, 0.2) is 30.3 Å². The Morgan fingerprint density at radius 3 is 1.45 bits per heavy atom. The van der Waals surface area contributed by atoms with Crippen LogP contribution in [0.4, 0.5) is 0 Å². The van der Waals surface area contributed by atoms with Crippen LogP contribution >= 0.6 is 23.5 Å². The first-order chi connectivity index (χ1) is 18.1.